The van der Waals surface area contributed by atoms with Crippen LogP contribution in [-0.2, 0) is 6.54 Å². The molecule has 1 N–H and O–H groups in total. The molecule has 0 aliphatic heterocycles. The first kappa shape index (κ1) is 25.4. The monoisotopic (exact) mass is 479 g/mol. The summed E-state index contributed by atoms with van der Waals surface area (Å²) >= 11 is 0. The van der Waals surface area contributed by atoms with E-state index in [4.69, 9.17) is 9.84 Å². The Kier molecular flexibility index (Phi) is 8.58. The molecule has 5 nitrogen and oxygen atoms in total. The first-order valence-electron chi connectivity index (χ1n) is 13.0. The molecule has 1 atom stereocenters. The lowest BCUT2D eigenvalue weighted by Crippen LogP contribution is -2.34. The molecule has 1 aliphatic carbocycles. The SMILES string of the molecule is CCCC[C@@H](O)CN(Cc1c(C(C)C)nn(-c2ccccc2)c1Oc1ccccc1F)CC1CC1. The number of benzene rings is 2. The van der Waals surface area contributed by atoms with Crippen LogP contribution in [0.2, 0.25) is 0 Å². The normalized spacial score (nSPS) is 14.6. The first-order chi connectivity index (χ1) is 17.0. The second kappa shape index (κ2) is 11.8. The van der Waals surface area contributed by atoms with Gasteiger partial charge in [-0.25, -0.2) is 9.07 Å². The highest BCUT2D eigenvalue weighted by atomic mass is 19.1. The molecule has 0 bridgehead atoms. The van der Waals surface area contributed by atoms with Gasteiger partial charge in [0.2, 0.25) is 5.88 Å². The maximum Gasteiger partial charge on any atom is 0.227 e. The Bertz CT molecular complexity index is 1080. The molecule has 6 heteroatoms. The van der Waals surface area contributed by atoms with Gasteiger partial charge in [-0.15, -0.1) is 0 Å². The summed E-state index contributed by atoms with van der Waals surface area (Å²) in [6, 6.07) is 16.3. The Morgan fingerprint density at radius 3 is 2.49 bits per heavy atom. The summed E-state index contributed by atoms with van der Waals surface area (Å²) in [5.74, 6) is 1.14. The number of aromatic nitrogens is 2. The van der Waals surface area contributed by atoms with E-state index in [2.05, 4.69) is 25.7 Å². The standard InChI is InChI=1S/C29H38FN3O2/c1-4-5-13-24(34)19-32(18-22-16-17-22)20-25-28(21(2)3)31-33(23-11-7-6-8-12-23)29(25)35-27-15-10-9-14-26(27)30/h6-12,14-15,21-22,24,34H,4-5,13,16-20H2,1-3H3/t24-/m1/s1. The fourth-order valence-corrected chi connectivity index (χ4v) is 4.47. The summed E-state index contributed by atoms with van der Waals surface area (Å²) < 4.78 is 22.7. The molecule has 1 aliphatic rings. The molecule has 1 saturated carbocycles. The zero-order valence-corrected chi connectivity index (χ0v) is 21.2. The largest absolute Gasteiger partial charge is 0.435 e. The second-order valence-electron chi connectivity index (χ2n) is 10.0. The average molecular weight is 480 g/mol. The topological polar surface area (TPSA) is 50.5 Å². The predicted octanol–water partition coefficient (Wildman–Crippen LogP) is 6.69. The highest BCUT2D eigenvalue weighted by Gasteiger charge is 2.29. The van der Waals surface area contributed by atoms with Crippen molar-refractivity contribution in [3.05, 3.63) is 71.7 Å². The minimum absolute atomic E-state index is 0.158. The van der Waals surface area contributed by atoms with E-state index in [1.807, 2.05) is 30.3 Å². The molecule has 35 heavy (non-hydrogen) atoms. The van der Waals surface area contributed by atoms with E-state index in [1.165, 1.54) is 18.9 Å². The summed E-state index contributed by atoms with van der Waals surface area (Å²) in [6.45, 7) is 8.54. The molecular formula is C29H38FN3O2. The summed E-state index contributed by atoms with van der Waals surface area (Å²) in [4.78, 5) is 2.34. The van der Waals surface area contributed by atoms with Crippen LogP contribution in [0.4, 0.5) is 4.39 Å². The van der Waals surface area contributed by atoms with Crippen molar-refractivity contribution >= 4 is 0 Å². The van der Waals surface area contributed by atoms with Crippen molar-refractivity contribution in [2.45, 2.75) is 71.4 Å². The van der Waals surface area contributed by atoms with Gasteiger partial charge in [0.05, 0.1) is 23.0 Å². The maximum atomic E-state index is 14.6. The number of rotatable bonds is 13. The molecule has 1 heterocycles. The van der Waals surface area contributed by atoms with Crippen molar-refractivity contribution in [3.8, 4) is 17.3 Å². The van der Waals surface area contributed by atoms with Crippen LogP contribution in [0, 0.1) is 11.7 Å². The Labute approximate surface area is 208 Å². The maximum absolute atomic E-state index is 14.6. The number of nitrogens with zero attached hydrogens (tertiary/aromatic N) is 3. The van der Waals surface area contributed by atoms with E-state index in [-0.39, 0.29) is 17.8 Å². The summed E-state index contributed by atoms with van der Waals surface area (Å²) in [5, 5.41) is 15.7. The molecule has 1 aromatic heterocycles. The average Bonchev–Trinajstić information content (AvgIpc) is 3.59. The van der Waals surface area contributed by atoms with Gasteiger partial charge in [-0.1, -0.05) is 63.9 Å². The van der Waals surface area contributed by atoms with Crippen LogP contribution in [0.15, 0.2) is 54.6 Å². The smallest absolute Gasteiger partial charge is 0.227 e. The van der Waals surface area contributed by atoms with Crippen molar-refractivity contribution in [1.29, 1.82) is 0 Å². The summed E-state index contributed by atoms with van der Waals surface area (Å²) in [6.07, 6.45) is 5.00. The molecule has 188 valence electrons. The van der Waals surface area contributed by atoms with Crippen LogP contribution in [0.5, 0.6) is 11.6 Å². The molecule has 1 fully saturated rings. The van der Waals surface area contributed by atoms with E-state index in [0.29, 0.717) is 24.9 Å². The van der Waals surface area contributed by atoms with Gasteiger partial charge in [-0.3, -0.25) is 4.90 Å². The Morgan fingerprint density at radius 2 is 1.83 bits per heavy atom. The van der Waals surface area contributed by atoms with Crippen LogP contribution in [-0.4, -0.2) is 39.0 Å². The third-order valence-electron chi connectivity index (χ3n) is 6.51. The molecule has 4 rings (SSSR count). The van der Waals surface area contributed by atoms with Crippen molar-refractivity contribution < 1.29 is 14.2 Å². The van der Waals surface area contributed by atoms with Gasteiger partial charge in [-0.2, -0.15) is 5.10 Å². The first-order valence-corrected chi connectivity index (χ1v) is 13.0. The molecule has 0 spiro atoms. The number of unbranched alkanes of at least 4 members (excludes halogenated alkanes) is 1. The zero-order valence-electron chi connectivity index (χ0n) is 21.2. The lowest BCUT2D eigenvalue weighted by Gasteiger charge is -2.26. The minimum Gasteiger partial charge on any atom is -0.435 e. The molecule has 0 unspecified atom stereocenters. The Morgan fingerprint density at radius 1 is 1.11 bits per heavy atom. The molecule has 2 aromatic carbocycles. The number of halogens is 1. The van der Waals surface area contributed by atoms with Crippen molar-refractivity contribution in [2.24, 2.45) is 5.92 Å². The van der Waals surface area contributed by atoms with Gasteiger partial charge in [0.15, 0.2) is 11.6 Å². The molecule has 0 amide bonds. The van der Waals surface area contributed by atoms with Crippen LogP contribution < -0.4 is 4.74 Å². The van der Waals surface area contributed by atoms with Gasteiger partial charge >= 0.3 is 0 Å². The molecule has 0 radical (unpaired) electrons. The van der Waals surface area contributed by atoms with E-state index in [1.54, 1.807) is 22.9 Å². The van der Waals surface area contributed by atoms with Crippen LogP contribution in [0.3, 0.4) is 0 Å². The number of hydrogen-bond acceptors (Lipinski definition) is 4. The predicted molar refractivity (Wildman–Crippen MR) is 138 cm³/mol. The quantitative estimate of drug-likeness (QED) is 0.297. The van der Waals surface area contributed by atoms with Crippen molar-refractivity contribution in [2.75, 3.05) is 13.1 Å². The van der Waals surface area contributed by atoms with Crippen molar-refractivity contribution in [1.82, 2.24) is 14.7 Å². The fraction of sp³-hybridized carbons (Fsp3) is 0.483. The minimum atomic E-state index is -0.407. The van der Waals surface area contributed by atoms with Crippen LogP contribution in [0.1, 0.15) is 70.1 Å². The van der Waals surface area contributed by atoms with E-state index in [9.17, 15) is 9.50 Å². The highest BCUT2D eigenvalue weighted by Crippen LogP contribution is 2.37. The Hall–Kier alpha value is -2.70. The third-order valence-corrected chi connectivity index (χ3v) is 6.51. The van der Waals surface area contributed by atoms with Gasteiger partial charge in [0.1, 0.15) is 0 Å². The second-order valence-corrected chi connectivity index (χ2v) is 10.0. The number of aliphatic hydroxyl groups excluding tert-OH is 1. The number of para-hydroxylation sites is 2. The third kappa shape index (κ3) is 6.71. The van der Waals surface area contributed by atoms with Gasteiger partial charge in [0, 0.05) is 19.6 Å². The van der Waals surface area contributed by atoms with Crippen LogP contribution >= 0.6 is 0 Å². The molecule has 3 aromatic rings. The lowest BCUT2D eigenvalue weighted by atomic mass is 10.0. The van der Waals surface area contributed by atoms with Gasteiger partial charge < -0.3 is 9.84 Å². The van der Waals surface area contributed by atoms with Crippen molar-refractivity contribution in [3.63, 3.8) is 0 Å². The summed E-state index contributed by atoms with van der Waals surface area (Å²) in [5.41, 5.74) is 2.75. The van der Waals surface area contributed by atoms with E-state index >= 15 is 0 Å². The summed E-state index contributed by atoms with van der Waals surface area (Å²) in [7, 11) is 0. The van der Waals surface area contributed by atoms with Crippen LogP contribution in [0.25, 0.3) is 5.69 Å². The molecule has 0 saturated heterocycles. The number of ether oxygens (including phenoxy) is 1. The van der Waals surface area contributed by atoms with E-state index < -0.39 is 5.82 Å². The fourth-order valence-electron chi connectivity index (χ4n) is 4.47. The van der Waals surface area contributed by atoms with E-state index in [0.717, 1.165) is 42.8 Å². The Balaban J connectivity index is 1.74. The molecular weight excluding hydrogens is 441 g/mol. The van der Waals surface area contributed by atoms with Gasteiger partial charge in [0.25, 0.3) is 0 Å². The highest BCUT2D eigenvalue weighted by molar-refractivity contribution is 5.44. The van der Waals surface area contributed by atoms with Gasteiger partial charge in [-0.05, 0) is 55.4 Å². The number of hydrogen-bond donors (Lipinski definition) is 1. The lowest BCUT2D eigenvalue weighted by molar-refractivity contribution is 0.0964. The number of aliphatic hydroxyl groups is 1. The zero-order chi connectivity index (χ0) is 24.8.